The Kier molecular flexibility index (Phi) is 9.65. The fraction of sp³-hybridized carbons (Fsp3) is 0.333. The zero-order chi connectivity index (χ0) is 16.2. The molecule has 1 aromatic carbocycles. The van der Waals surface area contributed by atoms with Crippen LogP contribution in [0, 0.1) is 12.1 Å². The number of anilines is 1. The van der Waals surface area contributed by atoms with Gasteiger partial charge in [-0.1, -0.05) is 36.9 Å². The molecule has 1 aromatic rings. The largest absolute Gasteiger partial charge is 0.388 e. The number of nitrogens with zero attached hydrogens (tertiary/aromatic N) is 1. The molecule has 1 saturated heterocycles. The van der Waals surface area contributed by atoms with Crippen LogP contribution in [0.3, 0.4) is 0 Å². The maximum absolute atomic E-state index is 4.25. The van der Waals surface area contributed by atoms with E-state index in [0.717, 1.165) is 5.69 Å². The minimum Gasteiger partial charge on any atom is -0.388 e. The van der Waals surface area contributed by atoms with Crippen LogP contribution in [0.25, 0.3) is 0 Å². The number of thioether (sulfide) groups is 1. The van der Waals surface area contributed by atoms with Crippen LogP contribution >= 0.6 is 23.7 Å². The van der Waals surface area contributed by atoms with Crippen molar-refractivity contribution in [2.45, 2.75) is 13.0 Å². The highest BCUT2D eigenvalue weighted by atomic mass is 32.2. The predicted octanol–water partition coefficient (Wildman–Crippen LogP) is 4.77. The van der Waals surface area contributed by atoms with Gasteiger partial charge in [-0.15, -0.1) is 0 Å². The number of ether oxygens (including phenoxy) is 1. The number of hydrogen-bond donors (Lipinski definition) is 0. The highest BCUT2D eigenvalue weighted by Gasteiger charge is 2.27. The third-order valence-electron chi connectivity index (χ3n) is 2.64. The topological polar surface area (TPSA) is 12.5 Å². The van der Waals surface area contributed by atoms with Crippen molar-refractivity contribution in [1.82, 2.24) is 0 Å². The van der Waals surface area contributed by atoms with Gasteiger partial charge in [0.15, 0.2) is 0 Å². The summed E-state index contributed by atoms with van der Waals surface area (Å²) in [5.74, 6) is 2.35. The van der Waals surface area contributed by atoms with Crippen LogP contribution in [-0.4, -0.2) is 31.8 Å². The monoisotopic (exact) mass is 333 g/mol. The fourth-order valence-electron chi connectivity index (χ4n) is 1.66. The van der Waals surface area contributed by atoms with Gasteiger partial charge in [-0.25, -0.2) is 0 Å². The molecule has 0 bridgehead atoms. The van der Waals surface area contributed by atoms with E-state index in [1.54, 1.807) is 26.2 Å². The number of allylic oxidation sites excluding steroid dienone is 4. The predicted molar refractivity (Wildman–Crippen MR) is 101 cm³/mol. The highest BCUT2D eigenvalue weighted by Crippen LogP contribution is 2.36. The van der Waals surface area contributed by atoms with Crippen molar-refractivity contribution < 1.29 is 4.74 Å². The molecule has 0 amide bonds. The van der Waals surface area contributed by atoms with Crippen molar-refractivity contribution in [3.05, 3.63) is 66.1 Å². The Bertz CT molecular complexity index is 481. The molecular weight excluding hydrogens is 310 g/mol. The van der Waals surface area contributed by atoms with Crippen molar-refractivity contribution in [2.75, 3.05) is 30.0 Å². The van der Waals surface area contributed by atoms with Crippen LogP contribution in [0.1, 0.15) is 6.92 Å². The Morgan fingerprint density at radius 1 is 1.50 bits per heavy atom. The standard InChI is InChI=1S/C16H17NS2.C2H6O/c1-3-8-16(9-4-2)19-17(15-12-18-13-15)14-10-6-5-7-11-14;1-3-2/h3-6,8-10,15H,1,12-13H2,2H3;1-2H3/b9-4-,16-8+;. The van der Waals surface area contributed by atoms with Crippen LogP contribution in [0.5, 0.6) is 0 Å². The molecule has 0 aliphatic carbocycles. The van der Waals surface area contributed by atoms with Crippen molar-refractivity contribution in [2.24, 2.45) is 0 Å². The van der Waals surface area contributed by atoms with E-state index in [4.69, 9.17) is 0 Å². The summed E-state index contributed by atoms with van der Waals surface area (Å²) in [6.45, 7) is 5.81. The molecule has 0 aromatic heterocycles. The molecular formula is C18H23NOS2. The van der Waals surface area contributed by atoms with Crippen LogP contribution in [0.15, 0.2) is 54.0 Å². The van der Waals surface area contributed by atoms with Crippen molar-refractivity contribution in [1.29, 1.82) is 0 Å². The summed E-state index contributed by atoms with van der Waals surface area (Å²) in [6.07, 6.45) is 8.03. The van der Waals surface area contributed by atoms with Gasteiger partial charge in [0.1, 0.15) is 0 Å². The van der Waals surface area contributed by atoms with E-state index >= 15 is 0 Å². The quantitative estimate of drug-likeness (QED) is 0.549. The molecule has 0 unspecified atom stereocenters. The molecule has 1 fully saturated rings. The second-order valence-corrected chi connectivity index (χ2v) is 6.62. The summed E-state index contributed by atoms with van der Waals surface area (Å²) >= 11 is 3.73. The first-order chi connectivity index (χ1) is 10.8. The maximum Gasteiger partial charge on any atom is 0.0988 e. The van der Waals surface area contributed by atoms with Gasteiger partial charge in [0, 0.05) is 30.6 Å². The van der Waals surface area contributed by atoms with E-state index < -0.39 is 0 Å². The van der Waals surface area contributed by atoms with Crippen molar-refractivity contribution in [3.63, 3.8) is 0 Å². The first-order valence-electron chi connectivity index (χ1n) is 7.05. The zero-order valence-corrected chi connectivity index (χ0v) is 15.0. The van der Waals surface area contributed by atoms with E-state index in [1.165, 1.54) is 16.4 Å². The van der Waals surface area contributed by atoms with Crippen molar-refractivity contribution >= 4 is 29.4 Å². The van der Waals surface area contributed by atoms with Gasteiger partial charge in [-0.05, 0) is 43.1 Å². The van der Waals surface area contributed by atoms with Gasteiger partial charge >= 0.3 is 0 Å². The van der Waals surface area contributed by atoms with E-state index in [2.05, 4.69) is 46.0 Å². The van der Waals surface area contributed by atoms with Gasteiger partial charge < -0.3 is 4.74 Å². The second kappa shape index (κ2) is 11.3. The Morgan fingerprint density at radius 3 is 2.68 bits per heavy atom. The van der Waals surface area contributed by atoms with Crippen molar-refractivity contribution in [3.8, 4) is 0 Å². The van der Waals surface area contributed by atoms with Crippen LogP contribution in [-0.2, 0) is 4.74 Å². The molecule has 1 aliphatic rings. The molecule has 22 heavy (non-hydrogen) atoms. The lowest BCUT2D eigenvalue weighted by molar-refractivity contribution is 0.277. The smallest absolute Gasteiger partial charge is 0.0988 e. The summed E-state index contributed by atoms with van der Waals surface area (Å²) < 4.78 is 6.59. The van der Waals surface area contributed by atoms with Crippen LogP contribution in [0.2, 0.25) is 0 Å². The lowest BCUT2D eigenvalue weighted by Crippen LogP contribution is -2.40. The summed E-state index contributed by atoms with van der Waals surface area (Å²) in [4.78, 5) is 1.19. The van der Waals surface area contributed by atoms with Crippen LogP contribution in [0.4, 0.5) is 5.69 Å². The Morgan fingerprint density at radius 2 is 2.23 bits per heavy atom. The SMILES string of the molecule is C=C/C=C(\C=C/C)SN(c1c#cccc1)C1CSC1.COC. The molecule has 0 N–H and O–H groups in total. The second-order valence-electron chi connectivity index (χ2n) is 4.50. The molecule has 0 spiro atoms. The molecule has 2 rings (SSSR count). The number of hydrogen-bond acceptors (Lipinski definition) is 4. The van der Waals surface area contributed by atoms with E-state index in [-0.39, 0.29) is 0 Å². The molecule has 1 heterocycles. The van der Waals surface area contributed by atoms with Gasteiger partial charge in [-0.3, -0.25) is 4.31 Å². The lowest BCUT2D eigenvalue weighted by atomic mass is 10.3. The third kappa shape index (κ3) is 6.23. The molecule has 2 nitrogen and oxygen atoms in total. The van der Waals surface area contributed by atoms with Gasteiger partial charge in [-0.2, -0.15) is 11.8 Å². The average Bonchev–Trinajstić information content (AvgIpc) is 2.47. The summed E-state index contributed by atoms with van der Waals surface area (Å²) in [5.41, 5.74) is 1.09. The lowest BCUT2D eigenvalue weighted by Gasteiger charge is -2.36. The number of methoxy groups -OCH3 is 1. The van der Waals surface area contributed by atoms with Gasteiger partial charge in [0.2, 0.25) is 0 Å². The first kappa shape index (κ1) is 18.8. The first-order valence-corrected chi connectivity index (χ1v) is 8.98. The molecule has 118 valence electrons. The fourth-order valence-corrected chi connectivity index (χ4v) is 3.68. The molecule has 0 radical (unpaired) electrons. The molecule has 0 atom stereocenters. The third-order valence-corrected chi connectivity index (χ3v) is 5.06. The van der Waals surface area contributed by atoms with E-state index in [9.17, 15) is 0 Å². The molecule has 0 saturated carbocycles. The average molecular weight is 334 g/mol. The minimum atomic E-state index is 0.570. The molecule has 1 aliphatic heterocycles. The van der Waals surface area contributed by atoms with Crippen LogP contribution < -0.4 is 4.31 Å². The Labute approximate surface area is 143 Å². The van der Waals surface area contributed by atoms with Gasteiger partial charge in [0.05, 0.1) is 11.7 Å². The highest BCUT2D eigenvalue weighted by molar-refractivity contribution is 8.05. The minimum absolute atomic E-state index is 0.570. The van der Waals surface area contributed by atoms with E-state index in [1.807, 2.05) is 43.0 Å². The van der Waals surface area contributed by atoms with Gasteiger partial charge in [0.25, 0.3) is 0 Å². The number of rotatable bonds is 6. The maximum atomic E-state index is 4.25. The normalized spacial score (nSPS) is 14.6. The van der Waals surface area contributed by atoms with E-state index in [0.29, 0.717) is 6.04 Å². The summed E-state index contributed by atoms with van der Waals surface area (Å²) in [5, 5.41) is 0. The summed E-state index contributed by atoms with van der Waals surface area (Å²) in [6, 6.07) is 12.8. The Hall–Kier alpha value is -1.28. The molecule has 4 heteroatoms. The Balaban J connectivity index is 0.000000745. The zero-order valence-electron chi connectivity index (χ0n) is 13.4. The summed E-state index contributed by atoms with van der Waals surface area (Å²) in [7, 11) is 3.25.